The van der Waals surface area contributed by atoms with Crippen LogP contribution in [0.1, 0.15) is 33.1 Å². The number of carbonyl (C=O) groups excluding carboxylic acids is 1. The predicted molar refractivity (Wildman–Crippen MR) is 63.6 cm³/mol. The highest BCUT2D eigenvalue weighted by Crippen LogP contribution is 2.10. The summed E-state index contributed by atoms with van der Waals surface area (Å²) >= 11 is 0. The molecule has 0 aliphatic heterocycles. The van der Waals surface area contributed by atoms with E-state index in [0.717, 1.165) is 18.4 Å². The van der Waals surface area contributed by atoms with Gasteiger partial charge in [0.05, 0.1) is 7.11 Å². The van der Waals surface area contributed by atoms with E-state index >= 15 is 0 Å². The zero-order valence-electron chi connectivity index (χ0n) is 9.88. The summed E-state index contributed by atoms with van der Waals surface area (Å²) in [6, 6.07) is 0. The lowest BCUT2D eigenvalue weighted by Crippen LogP contribution is -1.99. The monoisotopic (exact) mass is 208 g/mol. The molecule has 0 aliphatic carbocycles. The van der Waals surface area contributed by atoms with Crippen molar-refractivity contribution in [1.82, 2.24) is 0 Å². The Balaban J connectivity index is 3.92. The molecule has 0 rings (SSSR count). The van der Waals surface area contributed by atoms with Gasteiger partial charge in [0.15, 0.2) is 0 Å². The summed E-state index contributed by atoms with van der Waals surface area (Å²) in [5, 5.41) is 0. The molecule has 0 saturated carbocycles. The highest BCUT2D eigenvalue weighted by Gasteiger charge is 1.99. The Hall–Kier alpha value is -1.31. The Kier molecular flexibility index (Phi) is 7.33. The Morgan fingerprint density at radius 2 is 2.00 bits per heavy atom. The molecule has 0 aromatic rings. The molecular weight excluding hydrogens is 188 g/mol. The quantitative estimate of drug-likeness (QED) is 0.494. The summed E-state index contributed by atoms with van der Waals surface area (Å²) in [5.41, 5.74) is 2.25. The lowest BCUT2D eigenvalue weighted by atomic mass is 10.1. The average molecular weight is 208 g/mol. The van der Waals surface area contributed by atoms with Gasteiger partial charge in [0.1, 0.15) is 0 Å². The second kappa shape index (κ2) is 8.04. The van der Waals surface area contributed by atoms with E-state index in [9.17, 15) is 4.79 Å². The summed E-state index contributed by atoms with van der Waals surface area (Å²) in [6.45, 7) is 7.75. The van der Waals surface area contributed by atoms with Gasteiger partial charge in [-0.2, -0.15) is 0 Å². The van der Waals surface area contributed by atoms with Crippen molar-refractivity contribution in [1.29, 1.82) is 0 Å². The SMILES string of the molecule is C=C(C)/C=C\C(=C/C)CCCC(=O)OC. The first-order valence-electron chi connectivity index (χ1n) is 5.15. The molecular formula is C13H20O2. The van der Waals surface area contributed by atoms with E-state index in [2.05, 4.69) is 17.4 Å². The van der Waals surface area contributed by atoms with Crippen molar-refractivity contribution in [3.8, 4) is 0 Å². The van der Waals surface area contributed by atoms with Crippen LogP contribution in [-0.4, -0.2) is 13.1 Å². The topological polar surface area (TPSA) is 26.3 Å². The van der Waals surface area contributed by atoms with Gasteiger partial charge in [0.25, 0.3) is 0 Å². The van der Waals surface area contributed by atoms with E-state index in [1.54, 1.807) is 0 Å². The minimum atomic E-state index is -0.144. The second-order valence-electron chi connectivity index (χ2n) is 3.47. The van der Waals surface area contributed by atoms with E-state index in [4.69, 9.17) is 0 Å². The van der Waals surface area contributed by atoms with Crippen molar-refractivity contribution in [3.05, 3.63) is 36.0 Å². The van der Waals surface area contributed by atoms with E-state index < -0.39 is 0 Å². The van der Waals surface area contributed by atoms with Gasteiger partial charge < -0.3 is 4.74 Å². The van der Waals surface area contributed by atoms with Crippen LogP contribution in [0, 0.1) is 0 Å². The second-order valence-corrected chi connectivity index (χ2v) is 3.47. The third-order valence-corrected chi connectivity index (χ3v) is 2.03. The molecule has 0 saturated heterocycles. The van der Waals surface area contributed by atoms with Gasteiger partial charge in [-0.3, -0.25) is 4.79 Å². The van der Waals surface area contributed by atoms with Gasteiger partial charge in [-0.1, -0.05) is 36.0 Å². The van der Waals surface area contributed by atoms with Crippen molar-refractivity contribution in [3.63, 3.8) is 0 Å². The fraction of sp³-hybridized carbons (Fsp3) is 0.462. The zero-order valence-corrected chi connectivity index (χ0v) is 9.88. The smallest absolute Gasteiger partial charge is 0.305 e. The van der Waals surface area contributed by atoms with Gasteiger partial charge in [0.2, 0.25) is 0 Å². The Morgan fingerprint density at radius 1 is 1.33 bits per heavy atom. The van der Waals surface area contributed by atoms with Gasteiger partial charge >= 0.3 is 5.97 Å². The minimum absolute atomic E-state index is 0.144. The molecule has 0 radical (unpaired) electrons. The lowest BCUT2D eigenvalue weighted by molar-refractivity contribution is -0.140. The average Bonchev–Trinajstić information content (AvgIpc) is 2.22. The standard InChI is InChI=1S/C13H20O2/c1-5-12(10-9-11(2)3)7-6-8-13(14)15-4/h5,9-10H,2,6-8H2,1,3-4H3/b10-9-,12-5-. The molecule has 0 bridgehead atoms. The van der Waals surface area contributed by atoms with E-state index in [1.807, 2.05) is 26.0 Å². The number of methoxy groups -OCH3 is 1. The van der Waals surface area contributed by atoms with Gasteiger partial charge in [-0.25, -0.2) is 0 Å². The third-order valence-electron chi connectivity index (χ3n) is 2.03. The Bertz CT molecular complexity index is 272. The molecule has 15 heavy (non-hydrogen) atoms. The number of ether oxygens (including phenoxy) is 1. The van der Waals surface area contributed by atoms with E-state index in [-0.39, 0.29) is 5.97 Å². The van der Waals surface area contributed by atoms with Gasteiger partial charge in [-0.05, 0) is 26.7 Å². The summed E-state index contributed by atoms with van der Waals surface area (Å²) in [5.74, 6) is -0.144. The fourth-order valence-electron chi connectivity index (χ4n) is 1.11. The summed E-state index contributed by atoms with van der Waals surface area (Å²) < 4.78 is 4.57. The molecule has 0 aromatic heterocycles. The zero-order chi connectivity index (χ0) is 11.7. The molecule has 0 unspecified atom stereocenters. The lowest BCUT2D eigenvalue weighted by Gasteiger charge is -2.01. The Labute approximate surface area is 92.3 Å². The maximum absolute atomic E-state index is 10.9. The van der Waals surface area contributed by atoms with E-state index in [0.29, 0.717) is 6.42 Å². The van der Waals surface area contributed by atoms with Crippen LogP contribution in [0.3, 0.4) is 0 Å². The number of allylic oxidation sites excluding steroid dienone is 5. The predicted octanol–water partition coefficient (Wildman–Crippen LogP) is 3.41. The number of carbonyl (C=O) groups is 1. The summed E-state index contributed by atoms with van der Waals surface area (Å²) in [7, 11) is 1.42. The maximum atomic E-state index is 10.9. The Morgan fingerprint density at radius 3 is 2.47 bits per heavy atom. The van der Waals surface area contributed by atoms with Gasteiger partial charge in [-0.15, -0.1) is 0 Å². The first-order chi connectivity index (χ1) is 7.10. The van der Waals surface area contributed by atoms with Crippen LogP contribution < -0.4 is 0 Å². The van der Waals surface area contributed by atoms with Crippen LogP contribution in [0.2, 0.25) is 0 Å². The first kappa shape index (κ1) is 13.7. The van der Waals surface area contributed by atoms with Crippen LogP contribution in [0.25, 0.3) is 0 Å². The summed E-state index contributed by atoms with van der Waals surface area (Å²) in [4.78, 5) is 10.9. The third kappa shape index (κ3) is 7.74. The molecule has 2 nitrogen and oxygen atoms in total. The van der Waals surface area contributed by atoms with Crippen molar-refractivity contribution in [2.24, 2.45) is 0 Å². The molecule has 2 heteroatoms. The first-order valence-corrected chi connectivity index (χ1v) is 5.15. The van der Waals surface area contributed by atoms with E-state index in [1.165, 1.54) is 12.7 Å². The van der Waals surface area contributed by atoms with Crippen molar-refractivity contribution < 1.29 is 9.53 Å². The van der Waals surface area contributed by atoms with Crippen LogP contribution >= 0.6 is 0 Å². The maximum Gasteiger partial charge on any atom is 0.305 e. The summed E-state index contributed by atoms with van der Waals surface area (Å²) in [6.07, 6.45) is 8.28. The number of hydrogen-bond acceptors (Lipinski definition) is 2. The van der Waals surface area contributed by atoms with Gasteiger partial charge in [0, 0.05) is 6.42 Å². The number of esters is 1. The normalized spacial score (nSPS) is 11.8. The van der Waals surface area contributed by atoms with Crippen LogP contribution in [0.4, 0.5) is 0 Å². The number of hydrogen-bond donors (Lipinski definition) is 0. The molecule has 0 spiro atoms. The molecule has 84 valence electrons. The minimum Gasteiger partial charge on any atom is -0.469 e. The van der Waals surface area contributed by atoms with Crippen LogP contribution in [0.15, 0.2) is 36.0 Å². The number of rotatable bonds is 6. The van der Waals surface area contributed by atoms with Crippen molar-refractivity contribution in [2.45, 2.75) is 33.1 Å². The molecule has 0 heterocycles. The fourth-order valence-corrected chi connectivity index (χ4v) is 1.11. The molecule has 0 fully saturated rings. The molecule has 0 amide bonds. The molecule has 0 aromatic carbocycles. The van der Waals surface area contributed by atoms with Crippen molar-refractivity contribution in [2.75, 3.05) is 7.11 Å². The van der Waals surface area contributed by atoms with Crippen molar-refractivity contribution >= 4 is 5.97 Å². The largest absolute Gasteiger partial charge is 0.469 e. The van der Waals surface area contributed by atoms with Crippen LogP contribution in [0.5, 0.6) is 0 Å². The molecule has 0 N–H and O–H groups in total. The highest BCUT2D eigenvalue weighted by molar-refractivity contribution is 5.69. The van der Waals surface area contributed by atoms with Crippen LogP contribution in [-0.2, 0) is 9.53 Å². The molecule has 0 atom stereocenters. The highest BCUT2D eigenvalue weighted by atomic mass is 16.5. The molecule has 0 aliphatic rings.